The minimum Gasteiger partial charge on any atom is -0.298 e. The molecule has 1 aromatic carbocycles. The minimum atomic E-state index is 0.200. The number of carbonyl (C=O) groups is 1. The number of aldehydes is 1. The van der Waals surface area contributed by atoms with Crippen LogP contribution in [0.1, 0.15) is 16.2 Å². The zero-order chi connectivity index (χ0) is 12.3. The first-order valence-corrected chi connectivity index (χ1v) is 6.12. The molecule has 0 N–H and O–H groups in total. The van der Waals surface area contributed by atoms with Gasteiger partial charge in [0.15, 0.2) is 6.29 Å². The molecule has 5 heteroatoms. The lowest BCUT2D eigenvalue weighted by atomic mass is 10.4. The van der Waals surface area contributed by atoms with Gasteiger partial charge in [-0.15, -0.1) is 0 Å². The van der Waals surface area contributed by atoms with Crippen molar-refractivity contribution in [1.29, 1.82) is 0 Å². The molecule has 0 bridgehead atoms. The lowest BCUT2D eigenvalue weighted by Crippen LogP contribution is -1.97. The number of hydrogen-bond acceptors (Lipinski definition) is 4. The van der Waals surface area contributed by atoms with Crippen molar-refractivity contribution >= 4 is 29.6 Å². The number of aryl methyl sites for hydroxylation is 1. The van der Waals surface area contributed by atoms with Crippen LogP contribution in [0.3, 0.4) is 0 Å². The van der Waals surface area contributed by atoms with Gasteiger partial charge in [-0.05, 0) is 19.1 Å². The van der Waals surface area contributed by atoms with Gasteiger partial charge in [0, 0.05) is 4.90 Å². The molecule has 86 valence electrons. The average molecular weight is 265 g/mol. The largest absolute Gasteiger partial charge is 0.298 e. The van der Waals surface area contributed by atoms with E-state index >= 15 is 0 Å². The van der Waals surface area contributed by atoms with Crippen LogP contribution in [-0.4, -0.2) is 16.3 Å². The molecule has 3 nitrogen and oxygen atoms in total. The molecule has 0 aliphatic rings. The van der Waals surface area contributed by atoms with Gasteiger partial charge in [0.05, 0.1) is 5.56 Å². The van der Waals surface area contributed by atoms with E-state index in [9.17, 15) is 4.79 Å². The summed E-state index contributed by atoms with van der Waals surface area (Å²) in [5.74, 6) is 0.555. The van der Waals surface area contributed by atoms with E-state index in [-0.39, 0.29) is 5.15 Å². The van der Waals surface area contributed by atoms with Crippen molar-refractivity contribution < 1.29 is 4.79 Å². The van der Waals surface area contributed by atoms with E-state index in [0.29, 0.717) is 22.7 Å². The third-order valence-electron chi connectivity index (χ3n) is 2.05. The molecule has 0 saturated heterocycles. The van der Waals surface area contributed by atoms with Crippen LogP contribution in [0.15, 0.2) is 40.3 Å². The number of hydrogen-bond donors (Lipinski definition) is 0. The van der Waals surface area contributed by atoms with Crippen molar-refractivity contribution in [3.05, 3.63) is 46.9 Å². The molecule has 0 fully saturated rings. The maximum Gasteiger partial charge on any atom is 0.155 e. The minimum absolute atomic E-state index is 0.200. The first-order valence-electron chi connectivity index (χ1n) is 4.93. The van der Waals surface area contributed by atoms with E-state index < -0.39 is 0 Å². The standard InChI is InChI=1S/C12H9ClN2OS/c1-8-14-11(13)10(7-16)12(15-8)17-9-5-3-2-4-6-9/h2-7H,1H3. The number of aromatic nitrogens is 2. The van der Waals surface area contributed by atoms with E-state index in [1.807, 2.05) is 30.3 Å². The van der Waals surface area contributed by atoms with Gasteiger partial charge in [0.1, 0.15) is 16.0 Å². The molecule has 1 aromatic heterocycles. The Balaban J connectivity index is 2.41. The summed E-state index contributed by atoms with van der Waals surface area (Å²) < 4.78 is 0. The normalized spacial score (nSPS) is 10.2. The second kappa shape index (κ2) is 5.29. The Hall–Kier alpha value is -1.39. The van der Waals surface area contributed by atoms with Crippen molar-refractivity contribution in [2.45, 2.75) is 16.8 Å². The van der Waals surface area contributed by atoms with Crippen LogP contribution in [0.4, 0.5) is 0 Å². The monoisotopic (exact) mass is 264 g/mol. The van der Waals surface area contributed by atoms with Gasteiger partial charge in [-0.25, -0.2) is 9.97 Å². The van der Waals surface area contributed by atoms with Crippen molar-refractivity contribution in [3.8, 4) is 0 Å². The molecule has 0 atom stereocenters. The lowest BCUT2D eigenvalue weighted by Gasteiger charge is -2.05. The van der Waals surface area contributed by atoms with E-state index in [1.165, 1.54) is 11.8 Å². The molecule has 0 radical (unpaired) electrons. The first-order chi connectivity index (χ1) is 8.20. The van der Waals surface area contributed by atoms with Crippen molar-refractivity contribution in [3.63, 3.8) is 0 Å². The Morgan fingerprint density at radius 1 is 1.24 bits per heavy atom. The molecule has 2 aromatic rings. The molecule has 17 heavy (non-hydrogen) atoms. The molecular formula is C12H9ClN2OS. The van der Waals surface area contributed by atoms with Gasteiger partial charge >= 0.3 is 0 Å². The summed E-state index contributed by atoms with van der Waals surface area (Å²) in [4.78, 5) is 20.2. The highest BCUT2D eigenvalue weighted by Crippen LogP contribution is 2.30. The van der Waals surface area contributed by atoms with Crippen LogP contribution >= 0.6 is 23.4 Å². The Morgan fingerprint density at radius 2 is 1.94 bits per heavy atom. The molecule has 0 saturated carbocycles. The average Bonchev–Trinajstić information content (AvgIpc) is 2.30. The molecule has 0 spiro atoms. The molecule has 1 heterocycles. The molecule has 0 unspecified atom stereocenters. The molecule has 0 aliphatic heterocycles. The van der Waals surface area contributed by atoms with Crippen LogP contribution in [0.25, 0.3) is 0 Å². The third-order valence-corrected chi connectivity index (χ3v) is 3.35. The number of carbonyl (C=O) groups excluding carboxylic acids is 1. The lowest BCUT2D eigenvalue weighted by molar-refractivity contribution is 0.112. The smallest absolute Gasteiger partial charge is 0.155 e. The Labute approximate surface area is 108 Å². The molecule has 0 aliphatic carbocycles. The SMILES string of the molecule is Cc1nc(Cl)c(C=O)c(Sc2ccccc2)n1. The summed E-state index contributed by atoms with van der Waals surface area (Å²) in [6.45, 7) is 1.75. The van der Waals surface area contributed by atoms with Gasteiger partial charge in [-0.3, -0.25) is 4.79 Å². The van der Waals surface area contributed by atoms with E-state index in [4.69, 9.17) is 11.6 Å². The third kappa shape index (κ3) is 2.84. The maximum absolute atomic E-state index is 11.0. The summed E-state index contributed by atoms with van der Waals surface area (Å²) in [5, 5.41) is 0.787. The number of benzene rings is 1. The molecule has 2 rings (SSSR count). The number of rotatable bonds is 3. The van der Waals surface area contributed by atoms with Crippen molar-refractivity contribution in [1.82, 2.24) is 9.97 Å². The summed E-state index contributed by atoms with van der Waals surface area (Å²) >= 11 is 7.31. The van der Waals surface area contributed by atoms with Gasteiger partial charge in [-0.1, -0.05) is 41.6 Å². The predicted molar refractivity (Wildman–Crippen MR) is 67.7 cm³/mol. The summed E-state index contributed by atoms with van der Waals surface area (Å²) in [7, 11) is 0. The number of nitrogens with zero attached hydrogens (tertiary/aromatic N) is 2. The van der Waals surface area contributed by atoms with Crippen LogP contribution in [0, 0.1) is 6.92 Å². The number of halogens is 1. The van der Waals surface area contributed by atoms with Gasteiger partial charge in [0.25, 0.3) is 0 Å². The van der Waals surface area contributed by atoms with Crippen LogP contribution < -0.4 is 0 Å². The highest BCUT2D eigenvalue weighted by Gasteiger charge is 2.12. The zero-order valence-electron chi connectivity index (χ0n) is 9.05. The second-order valence-electron chi connectivity index (χ2n) is 3.31. The van der Waals surface area contributed by atoms with Gasteiger partial charge in [0.2, 0.25) is 0 Å². The van der Waals surface area contributed by atoms with Crippen molar-refractivity contribution in [2.24, 2.45) is 0 Å². The van der Waals surface area contributed by atoms with Crippen LogP contribution in [0.2, 0.25) is 5.15 Å². The van der Waals surface area contributed by atoms with Gasteiger partial charge in [-0.2, -0.15) is 0 Å². The van der Waals surface area contributed by atoms with E-state index in [2.05, 4.69) is 9.97 Å². The fourth-order valence-corrected chi connectivity index (χ4v) is 2.56. The predicted octanol–water partition coefficient (Wildman–Crippen LogP) is 3.40. The van der Waals surface area contributed by atoms with Crippen molar-refractivity contribution in [2.75, 3.05) is 0 Å². The summed E-state index contributed by atoms with van der Waals surface area (Å²) in [6, 6.07) is 9.69. The second-order valence-corrected chi connectivity index (χ2v) is 4.73. The Morgan fingerprint density at radius 3 is 2.59 bits per heavy atom. The van der Waals surface area contributed by atoms with Gasteiger partial charge < -0.3 is 0 Å². The first kappa shape index (κ1) is 12.1. The fourth-order valence-electron chi connectivity index (χ4n) is 1.30. The van der Waals surface area contributed by atoms with Crippen LogP contribution in [0.5, 0.6) is 0 Å². The highest BCUT2D eigenvalue weighted by atomic mass is 35.5. The highest BCUT2D eigenvalue weighted by molar-refractivity contribution is 7.99. The van der Waals surface area contributed by atoms with E-state index in [0.717, 1.165) is 4.90 Å². The summed E-state index contributed by atoms with van der Waals surface area (Å²) in [5.41, 5.74) is 0.339. The molecule has 0 amide bonds. The fraction of sp³-hybridized carbons (Fsp3) is 0.0833. The Kier molecular flexibility index (Phi) is 3.76. The van der Waals surface area contributed by atoms with Crippen LogP contribution in [-0.2, 0) is 0 Å². The molecular weight excluding hydrogens is 256 g/mol. The maximum atomic E-state index is 11.0. The van der Waals surface area contributed by atoms with E-state index in [1.54, 1.807) is 6.92 Å². The summed E-state index contributed by atoms with van der Waals surface area (Å²) in [6.07, 6.45) is 0.688. The topological polar surface area (TPSA) is 42.9 Å². The zero-order valence-corrected chi connectivity index (χ0v) is 10.6. The quantitative estimate of drug-likeness (QED) is 0.629. The Bertz CT molecular complexity index is 546.